The second kappa shape index (κ2) is 4.85. The highest BCUT2D eigenvalue weighted by molar-refractivity contribution is 6.00. The Balaban J connectivity index is 0.000000155. The first-order chi connectivity index (χ1) is 9.14. The van der Waals surface area contributed by atoms with E-state index in [1.165, 1.54) is 0 Å². The summed E-state index contributed by atoms with van der Waals surface area (Å²) in [6.07, 6.45) is 1.59. The molecule has 0 aromatic heterocycles. The van der Waals surface area contributed by atoms with Crippen molar-refractivity contribution in [3.63, 3.8) is 0 Å². The minimum Gasteiger partial charge on any atom is -0.392 e. The predicted molar refractivity (Wildman–Crippen MR) is 66.3 cm³/mol. The number of hydrogen-bond donors (Lipinski definition) is 2. The van der Waals surface area contributed by atoms with Crippen molar-refractivity contribution >= 4 is 11.9 Å². The van der Waals surface area contributed by atoms with Crippen LogP contribution < -0.4 is 10.6 Å². The second-order valence-electron chi connectivity index (χ2n) is 5.71. The van der Waals surface area contributed by atoms with Crippen LogP contribution in [0.25, 0.3) is 0 Å². The molecular formula is C13H20N2O4. The number of piperazine rings is 1. The van der Waals surface area contributed by atoms with Crippen LogP contribution in [0.5, 0.6) is 0 Å². The Morgan fingerprint density at radius 2 is 1.74 bits per heavy atom. The Morgan fingerprint density at radius 1 is 1.11 bits per heavy atom. The Kier molecular flexibility index (Phi) is 3.32. The number of rotatable bonds is 0. The van der Waals surface area contributed by atoms with Crippen molar-refractivity contribution in [1.29, 1.82) is 0 Å². The molecule has 4 unspecified atom stereocenters. The highest BCUT2D eigenvalue weighted by Crippen LogP contribution is 2.55. The molecule has 4 aliphatic heterocycles. The molecule has 4 rings (SSSR count). The topological polar surface area (TPSA) is 76.7 Å². The van der Waals surface area contributed by atoms with E-state index >= 15 is 0 Å². The number of ether oxygens (including phenoxy) is 2. The molecule has 6 heteroatoms. The third-order valence-electron chi connectivity index (χ3n) is 4.58. The zero-order chi connectivity index (χ0) is 13.5. The largest absolute Gasteiger partial charge is 0.392 e. The highest BCUT2D eigenvalue weighted by Gasteiger charge is 2.69. The van der Waals surface area contributed by atoms with Gasteiger partial charge in [0.1, 0.15) is 11.3 Å². The summed E-state index contributed by atoms with van der Waals surface area (Å²) in [6, 6.07) is 0. The van der Waals surface area contributed by atoms with Gasteiger partial charge in [-0.3, -0.25) is 9.59 Å². The monoisotopic (exact) mass is 268 g/mol. The maximum absolute atomic E-state index is 11.5. The van der Waals surface area contributed by atoms with Gasteiger partial charge in [-0.25, -0.2) is 0 Å². The molecule has 0 saturated carbocycles. The summed E-state index contributed by atoms with van der Waals surface area (Å²) in [5, 5.41) is 6.44. The van der Waals surface area contributed by atoms with E-state index in [2.05, 4.69) is 15.4 Å². The van der Waals surface area contributed by atoms with Gasteiger partial charge < -0.3 is 20.1 Å². The van der Waals surface area contributed by atoms with E-state index in [0.717, 1.165) is 39.0 Å². The lowest BCUT2D eigenvalue weighted by Gasteiger charge is -2.25. The summed E-state index contributed by atoms with van der Waals surface area (Å²) in [6.45, 7) is 6.34. The van der Waals surface area contributed by atoms with Gasteiger partial charge in [0.05, 0.1) is 12.2 Å². The first-order valence-corrected chi connectivity index (χ1v) is 6.97. The lowest BCUT2D eigenvalue weighted by Crippen LogP contribution is -2.40. The number of fused-ring (bicyclic) bond motifs is 5. The lowest BCUT2D eigenvalue weighted by molar-refractivity contribution is -0.158. The van der Waals surface area contributed by atoms with E-state index in [1.807, 2.05) is 0 Å². The van der Waals surface area contributed by atoms with Crippen molar-refractivity contribution < 1.29 is 19.1 Å². The molecule has 2 N–H and O–H groups in total. The van der Waals surface area contributed by atoms with Gasteiger partial charge in [0.15, 0.2) is 0 Å². The van der Waals surface area contributed by atoms with Gasteiger partial charge in [-0.2, -0.15) is 0 Å². The summed E-state index contributed by atoms with van der Waals surface area (Å²) in [5.41, 5.74) is -0.681. The van der Waals surface area contributed by atoms with Crippen LogP contribution in [0.3, 0.4) is 0 Å². The number of nitrogens with one attached hydrogen (secondary N) is 2. The van der Waals surface area contributed by atoms with Gasteiger partial charge >= 0.3 is 11.9 Å². The van der Waals surface area contributed by atoms with Crippen LogP contribution in [0.15, 0.2) is 0 Å². The maximum Gasteiger partial charge on any atom is 0.323 e. The van der Waals surface area contributed by atoms with Gasteiger partial charge in [0, 0.05) is 26.2 Å². The first-order valence-electron chi connectivity index (χ1n) is 6.97. The third kappa shape index (κ3) is 1.98. The zero-order valence-electron chi connectivity index (χ0n) is 11.1. The number of carbonyl (C=O) groups is 2. The van der Waals surface area contributed by atoms with Crippen molar-refractivity contribution in [2.24, 2.45) is 11.3 Å². The molecule has 0 spiro atoms. The van der Waals surface area contributed by atoms with E-state index < -0.39 is 11.4 Å². The van der Waals surface area contributed by atoms with Crippen LogP contribution in [0.4, 0.5) is 0 Å². The van der Waals surface area contributed by atoms with Gasteiger partial charge in [-0.15, -0.1) is 0 Å². The number of cyclic esters (lactones) is 2. The fourth-order valence-corrected chi connectivity index (χ4v) is 3.46. The van der Waals surface area contributed by atoms with E-state index in [1.54, 1.807) is 6.92 Å². The number of carbonyl (C=O) groups excluding carboxylic acids is 2. The molecule has 2 bridgehead atoms. The SMILES string of the molecule is C1CNCCN1.CC12C(=O)OC(=O)C1C1CCC2O1. The van der Waals surface area contributed by atoms with Gasteiger partial charge in [0.25, 0.3) is 0 Å². The summed E-state index contributed by atoms with van der Waals surface area (Å²) < 4.78 is 10.2. The van der Waals surface area contributed by atoms with Gasteiger partial charge in [-0.1, -0.05) is 0 Å². The molecule has 0 aliphatic carbocycles. The zero-order valence-corrected chi connectivity index (χ0v) is 11.1. The van der Waals surface area contributed by atoms with E-state index in [4.69, 9.17) is 4.74 Å². The summed E-state index contributed by atoms with van der Waals surface area (Å²) in [5.74, 6) is -1.12. The summed E-state index contributed by atoms with van der Waals surface area (Å²) >= 11 is 0. The fourth-order valence-electron chi connectivity index (χ4n) is 3.46. The maximum atomic E-state index is 11.5. The van der Waals surface area contributed by atoms with Gasteiger partial charge in [0.2, 0.25) is 0 Å². The fraction of sp³-hybridized carbons (Fsp3) is 0.846. The van der Waals surface area contributed by atoms with Gasteiger partial charge in [-0.05, 0) is 19.8 Å². The van der Waals surface area contributed by atoms with Crippen molar-refractivity contribution in [1.82, 2.24) is 10.6 Å². The minimum atomic E-state index is -0.681. The van der Waals surface area contributed by atoms with Crippen molar-refractivity contribution in [2.45, 2.75) is 32.0 Å². The molecule has 0 aromatic rings. The minimum absolute atomic E-state index is 0.0750. The molecule has 106 valence electrons. The smallest absolute Gasteiger partial charge is 0.323 e. The molecule has 4 fully saturated rings. The summed E-state index contributed by atoms with van der Waals surface area (Å²) in [4.78, 5) is 22.8. The molecule has 4 heterocycles. The normalized spacial score (nSPS) is 43.5. The van der Waals surface area contributed by atoms with E-state index in [9.17, 15) is 9.59 Å². The Bertz CT molecular complexity index is 385. The predicted octanol–water partition coefficient (Wildman–Crippen LogP) is -0.567. The van der Waals surface area contributed by atoms with Crippen molar-refractivity contribution in [2.75, 3.05) is 26.2 Å². The molecule has 6 nitrogen and oxygen atoms in total. The molecule has 4 saturated heterocycles. The average Bonchev–Trinajstić information content (AvgIpc) is 3.06. The highest BCUT2D eigenvalue weighted by atomic mass is 16.6. The van der Waals surface area contributed by atoms with Crippen molar-refractivity contribution in [3.8, 4) is 0 Å². The Hall–Kier alpha value is -0.980. The summed E-state index contributed by atoms with van der Waals surface area (Å²) in [7, 11) is 0. The molecule has 0 aromatic carbocycles. The number of esters is 2. The molecule has 0 radical (unpaired) electrons. The molecule has 4 atom stereocenters. The van der Waals surface area contributed by atoms with Crippen LogP contribution >= 0.6 is 0 Å². The van der Waals surface area contributed by atoms with Crippen LogP contribution in [-0.4, -0.2) is 50.3 Å². The number of hydrogen-bond acceptors (Lipinski definition) is 6. The Labute approximate surface area is 112 Å². The van der Waals surface area contributed by atoms with Crippen molar-refractivity contribution in [3.05, 3.63) is 0 Å². The molecular weight excluding hydrogens is 248 g/mol. The average molecular weight is 268 g/mol. The Morgan fingerprint density at radius 3 is 2.26 bits per heavy atom. The van der Waals surface area contributed by atoms with Crippen LogP contribution in [-0.2, 0) is 19.1 Å². The molecule has 19 heavy (non-hydrogen) atoms. The molecule has 0 amide bonds. The third-order valence-corrected chi connectivity index (χ3v) is 4.58. The second-order valence-corrected chi connectivity index (χ2v) is 5.71. The van der Waals surface area contributed by atoms with Crippen LogP contribution in [0.1, 0.15) is 19.8 Å². The standard InChI is InChI=1S/C9H10O4.C4H10N2/c1-9-5-3-2-4(12-5)6(9)7(10)13-8(9)11;1-2-6-4-3-5-1/h4-6H,2-3H2,1H3;5-6H,1-4H2. The van der Waals surface area contributed by atoms with Crippen LogP contribution in [0, 0.1) is 11.3 Å². The first kappa shape index (κ1) is 13.0. The van der Waals surface area contributed by atoms with Crippen LogP contribution in [0.2, 0.25) is 0 Å². The quantitative estimate of drug-likeness (QED) is 0.453. The van der Waals surface area contributed by atoms with E-state index in [-0.39, 0.29) is 24.1 Å². The lowest BCUT2D eigenvalue weighted by atomic mass is 9.69. The van der Waals surface area contributed by atoms with E-state index in [0.29, 0.717) is 0 Å². The molecule has 4 aliphatic rings.